The van der Waals surface area contributed by atoms with Crippen molar-refractivity contribution in [2.75, 3.05) is 0 Å². The van der Waals surface area contributed by atoms with Crippen molar-refractivity contribution in [2.24, 2.45) is 11.8 Å². The number of rotatable bonds is 4. The molecular weight excluding hydrogens is 208 g/mol. The van der Waals surface area contributed by atoms with Crippen LogP contribution in [0.3, 0.4) is 0 Å². The fraction of sp³-hybridized carbons (Fsp3) is 0.562. The van der Waals surface area contributed by atoms with Crippen LogP contribution in [0.4, 0.5) is 0 Å². The molecular formula is C16H20O. The minimum atomic E-state index is 0.309. The average Bonchev–Trinajstić information content (AvgIpc) is 3.19. The van der Waals surface area contributed by atoms with Gasteiger partial charge >= 0.3 is 0 Å². The van der Waals surface area contributed by atoms with E-state index < -0.39 is 0 Å². The maximum Gasteiger partial charge on any atom is 0.136 e. The van der Waals surface area contributed by atoms with Crippen LogP contribution in [0.2, 0.25) is 0 Å². The van der Waals surface area contributed by atoms with Crippen LogP contribution in [-0.4, -0.2) is 5.78 Å². The lowest BCUT2D eigenvalue weighted by atomic mass is 9.80. The summed E-state index contributed by atoms with van der Waals surface area (Å²) in [5.74, 6) is 1.71. The highest BCUT2D eigenvalue weighted by atomic mass is 16.1. The van der Waals surface area contributed by atoms with Gasteiger partial charge in [-0.1, -0.05) is 37.1 Å². The average molecular weight is 228 g/mol. The van der Waals surface area contributed by atoms with Crippen LogP contribution in [0, 0.1) is 11.8 Å². The van der Waals surface area contributed by atoms with Gasteiger partial charge in [-0.3, -0.25) is 4.79 Å². The molecule has 1 atom stereocenters. The molecule has 1 aromatic carbocycles. The summed E-state index contributed by atoms with van der Waals surface area (Å²) in [5, 5.41) is 0. The normalized spacial score (nSPS) is 23.2. The van der Waals surface area contributed by atoms with Crippen molar-refractivity contribution in [3.05, 3.63) is 35.4 Å². The Morgan fingerprint density at radius 3 is 2.65 bits per heavy atom. The Kier molecular flexibility index (Phi) is 3.00. The lowest BCUT2D eigenvalue weighted by molar-refractivity contribution is -0.123. The molecule has 2 aliphatic carbocycles. The summed E-state index contributed by atoms with van der Waals surface area (Å²) in [4.78, 5) is 12.1. The highest BCUT2D eigenvalue weighted by molar-refractivity contribution is 5.81. The molecule has 0 amide bonds. The number of carbonyl (C=O) groups is 1. The first kappa shape index (κ1) is 11.0. The Morgan fingerprint density at radius 2 is 1.88 bits per heavy atom. The molecule has 0 heterocycles. The third-order valence-corrected chi connectivity index (χ3v) is 4.30. The van der Waals surface area contributed by atoms with E-state index >= 15 is 0 Å². The third-order valence-electron chi connectivity index (χ3n) is 4.30. The Balaban J connectivity index is 1.60. The van der Waals surface area contributed by atoms with Crippen molar-refractivity contribution in [1.29, 1.82) is 0 Å². The molecule has 0 aliphatic heterocycles. The standard InChI is InChI=1S/C16H20O/c17-16(10-7-12-5-6-12)15-9-8-13-3-1-2-4-14(13)11-15/h1-4,12,15H,5-11H2. The Hall–Kier alpha value is -1.11. The van der Waals surface area contributed by atoms with Crippen molar-refractivity contribution < 1.29 is 4.79 Å². The summed E-state index contributed by atoms with van der Waals surface area (Å²) in [5.41, 5.74) is 2.86. The van der Waals surface area contributed by atoms with E-state index in [1.165, 1.54) is 24.0 Å². The van der Waals surface area contributed by atoms with E-state index in [9.17, 15) is 4.79 Å². The Bertz CT molecular complexity index is 417. The monoisotopic (exact) mass is 228 g/mol. The predicted molar refractivity (Wildman–Crippen MR) is 68.9 cm³/mol. The van der Waals surface area contributed by atoms with Gasteiger partial charge in [0.2, 0.25) is 0 Å². The highest BCUT2D eigenvalue weighted by Gasteiger charge is 2.27. The number of ketones is 1. The molecule has 0 saturated heterocycles. The minimum Gasteiger partial charge on any atom is -0.299 e. The Labute approximate surface area is 103 Å². The molecule has 1 unspecified atom stereocenters. The van der Waals surface area contributed by atoms with Gasteiger partial charge in [0.25, 0.3) is 0 Å². The van der Waals surface area contributed by atoms with Gasteiger partial charge in [0.05, 0.1) is 0 Å². The number of hydrogen-bond donors (Lipinski definition) is 0. The molecule has 90 valence electrons. The zero-order valence-electron chi connectivity index (χ0n) is 10.3. The minimum absolute atomic E-state index is 0.309. The fourth-order valence-electron chi connectivity index (χ4n) is 2.93. The maximum absolute atomic E-state index is 12.1. The van der Waals surface area contributed by atoms with Crippen LogP contribution >= 0.6 is 0 Å². The quantitative estimate of drug-likeness (QED) is 0.770. The molecule has 17 heavy (non-hydrogen) atoms. The zero-order valence-corrected chi connectivity index (χ0v) is 10.3. The summed E-state index contributed by atoms with van der Waals surface area (Å²) < 4.78 is 0. The Morgan fingerprint density at radius 1 is 1.12 bits per heavy atom. The van der Waals surface area contributed by atoms with Gasteiger partial charge in [0.15, 0.2) is 0 Å². The molecule has 1 heteroatoms. The van der Waals surface area contributed by atoms with Gasteiger partial charge in [0.1, 0.15) is 5.78 Å². The third kappa shape index (κ3) is 2.59. The van der Waals surface area contributed by atoms with Crippen molar-refractivity contribution in [1.82, 2.24) is 0 Å². The largest absolute Gasteiger partial charge is 0.299 e. The van der Waals surface area contributed by atoms with Gasteiger partial charge in [-0.05, 0) is 42.7 Å². The number of carbonyl (C=O) groups excluding carboxylic acids is 1. The van der Waals surface area contributed by atoms with Crippen molar-refractivity contribution in [3.63, 3.8) is 0 Å². The first-order valence-electron chi connectivity index (χ1n) is 6.92. The summed E-state index contributed by atoms with van der Waals surface area (Å²) in [7, 11) is 0. The fourth-order valence-corrected chi connectivity index (χ4v) is 2.93. The van der Waals surface area contributed by atoms with E-state index in [0.29, 0.717) is 11.7 Å². The van der Waals surface area contributed by atoms with Crippen LogP contribution in [-0.2, 0) is 17.6 Å². The summed E-state index contributed by atoms with van der Waals surface area (Å²) in [6.07, 6.45) is 7.85. The van der Waals surface area contributed by atoms with E-state index in [4.69, 9.17) is 0 Å². The van der Waals surface area contributed by atoms with Crippen molar-refractivity contribution >= 4 is 5.78 Å². The lowest BCUT2D eigenvalue weighted by Crippen LogP contribution is -2.22. The van der Waals surface area contributed by atoms with Crippen molar-refractivity contribution in [3.8, 4) is 0 Å². The second-order valence-electron chi connectivity index (χ2n) is 5.66. The van der Waals surface area contributed by atoms with Gasteiger partial charge in [-0.2, -0.15) is 0 Å². The molecule has 0 N–H and O–H groups in total. The topological polar surface area (TPSA) is 17.1 Å². The number of benzene rings is 1. The van der Waals surface area contributed by atoms with E-state index in [1.54, 1.807) is 0 Å². The summed E-state index contributed by atoms with van der Waals surface area (Å²) in [6.45, 7) is 0. The summed E-state index contributed by atoms with van der Waals surface area (Å²) >= 11 is 0. The number of Topliss-reactive ketones (excluding diaryl/α,β-unsaturated/α-hetero) is 1. The predicted octanol–water partition coefficient (Wildman–Crippen LogP) is 3.55. The molecule has 2 aliphatic rings. The van der Waals surface area contributed by atoms with Crippen LogP contribution in [0.1, 0.15) is 43.2 Å². The second kappa shape index (κ2) is 4.64. The molecule has 0 bridgehead atoms. The SMILES string of the molecule is O=C(CCC1CC1)C1CCc2ccccc2C1. The number of fused-ring (bicyclic) bond motifs is 1. The van der Waals surface area contributed by atoms with E-state index in [-0.39, 0.29) is 0 Å². The maximum atomic E-state index is 12.1. The molecule has 1 fully saturated rings. The molecule has 1 aromatic rings. The van der Waals surface area contributed by atoms with E-state index in [0.717, 1.165) is 38.0 Å². The van der Waals surface area contributed by atoms with Gasteiger partial charge in [-0.15, -0.1) is 0 Å². The van der Waals surface area contributed by atoms with Crippen LogP contribution < -0.4 is 0 Å². The van der Waals surface area contributed by atoms with Crippen LogP contribution in [0.15, 0.2) is 24.3 Å². The first-order chi connectivity index (χ1) is 8.33. The molecule has 0 aromatic heterocycles. The van der Waals surface area contributed by atoms with Gasteiger partial charge < -0.3 is 0 Å². The van der Waals surface area contributed by atoms with Crippen LogP contribution in [0.5, 0.6) is 0 Å². The van der Waals surface area contributed by atoms with Gasteiger partial charge in [-0.25, -0.2) is 0 Å². The summed E-state index contributed by atoms with van der Waals surface area (Å²) in [6, 6.07) is 8.60. The van der Waals surface area contributed by atoms with Crippen molar-refractivity contribution in [2.45, 2.75) is 44.9 Å². The molecule has 1 nitrogen and oxygen atoms in total. The highest BCUT2D eigenvalue weighted by Crippen LogP contribution is 2.35. The molecule has 0 radical (unpaired) electrons. The lowest BCUT2D eigenvalue weighted by Gasteiger charge is -2.23. The second-order valence-corrected chi connectivity index (χ2v) is 5.66. The smallest absolute Gasteiger partial charge is 0.136 e. The van der Waals surface area contributed by atoms with Gasteiger partial charge in [0, 0.05) is 12.3 Å². The van der Waals surface area contributed by atoms with E-state index in [2.05, 4.69) is 24.3 Å². The number of hydrogen-bond acceptors (Lipinski definition) is 1. The molecule has 0 spiro atoms. The first-order valence-corrected chi connectivity index (χ1v) is 6.92. The van der Waals surface area contributed by atoms with Crippen LogP contribution in [0.25, 0.3) is 0 Å². The number of aryl methyl sites for hydroxylation is 1. The molecule has 3 rings (SSSR count). The molecule has 1 saturated carbocycles. The van der Waals surface area contributed by atoms with E-state index in [1.807, 2.05) is 0 Å². The zero-order chi connectivity index (χ0) is 11.7.